The summed E-state index contributed by atoms with van der Waals surface area (Å²) in [5, 5.41) is 38.9. The second-order valence-corrected chi connectivity index (χ2v) is 20.7. The number of halogens is 2. The number of rotatable bonds is 12. The number of hydrogen-bond donors (Lipinski definition) is 4. The van der Waals surface area contributed by atoms with Crippen LogP contribution in [0.2, 0.25) is 8.67 Å². The van der Waals surface area contributed by atoms with Gasteiger partial charge in [-0.25, -0.2) is 4.68 Å². The summed E-state index contributed by atoms with van der Waals surface area (Å²) in [6.45, 7) is 10.6. The van der Waals surface area contributed by atoms with Crippen LogP contribution in [0.5, 0.6) is 0 Å². The number of carboxylic acids is 1. The summed E-state index contributed by atoms with van der Waals surface area (Å²) in [6.07, 6.45) is 16.1. The van der Waals surface area contributed by atoms with Gasteiger partial charge in [-0.1, -0.05) is 90.4 Å². The van der Waals surface area contributed by atoms with Crippen molar-refractivity contribution in [3.63, 3.8) is 0 Å². The standard InChI is InChI=1S/C21H29ClN2O2S.C16H21ClN2S.C5H10O3.2CH4/c1-20(2,14-25)19(26)24-15(7-8-16-9-10-18(22)27-16)13-17(23-24)21(3)11-5-4-6-12-21;1-16(9-3-2-4-10-16)14-11-12(18-19-14)5-6-13-7-8-15(17)20-13;1-5(2,3-6)4(7)8;;/h9-10,13,25H,4-8,11-12,14H2,1-3H3;7-8,11H,2-6,9-10H2,1H3,(H,18,19);6H,3H2,1-2H3,(H,7,8);2*1H4. The number of H-pyrrole nitrogens is 1. The maximum Gasteiger partial charge on any atom is 0.311 e. The van der Waals surface area contributed by atoms with Gasteiger partial charge < -0.3 is 15.3 Å². The number of hydrogen-bond acceptors (Lipinski definition) is 8. The quantitative estimate of drug-likeness (QED) is 0.111. The molecule has 4 N–H and O–H groups in total. The van der Waals surface area contributed by atoms with E-state index >= 15 is 0 Å². The van der Waals surface area contributed by atoms with Crippen molar-refractivity contribution in [1.82, 2.24) is 20.0 Å². The first kappa shape index (κ1) is 50.6. The number of carboxylic acid groups (broad SMARTS) is 1. The molecule has 2 fully saturated rings. The number of aliphatic hydroxyl groups excluding tert-OH is 2. The van der Waals surface area contributed by atoms with Crippen molar-refractivity contribution in [3.05, 3.63) is 77.6 Å². The van der Waals surface area contributed by atoms with Crippen molar-refractivity contribution in [2.75, 3.05) is 13.2 Å². The van der Waals surface area contributed by atoms with Gasteiger partial charge in [0.1, 0.15) is 0 Å². The molecule has 6 rings (SSSR count). The highest BCUT2D eigenvalue weighted by atomic mass is 35.5. The molecule has 0 unspecified atom stereocenters. The summed E-state index contributed by atoms with van der Waals surface area (Å²) in [5.41, 5.74) is 2.94. The molecule has 0 atom stereocenters. The fourth-order valence-corrected chi connectivity index (χ4v) is 9.12. The summed E-state index contributed by atoms with van der Waals surface area (Å²) >= 11 is 15.3. The van der Waals surface area contributed by atoms with Crippen LogP contribution in [0.4, 0.5) is 0 Å². The first-order chi connectivity index (χ1) is 25.9. The minimum Gasteiger partial charge on any atom is -0.481 e. The van der Waals surface area contributed by atoms with Gasteiger partial charge >= 0.3 is 5.97 Å². The van der Waals surface area contributed by atoms with E-state index in [2.05, 4.69) is 42.2 Å². The highest BCUT2D eigenvalue weighted by molar-refractivity contribution is 7.16. The number of thiophene rings is 2. The molecule has 2 aliphatic rings. The molecule has 320 valence electrons. The van der Waals surface area contributed by atoms with Gasteiger partial charge in [0.25, 0.3) is 5.91 Å². The van der Waals surface area contributed by atoms with Crippen molar-refractivity contribution < 1.29 is 24.9 Å². The molecule has 9 nitrogen and oxygen atoms in total. The lowest BCUT2D eigenvalue weighted by Gasteiger charge is -2.31. The van der Waals surface area contributed by atoms with Crippen LogP contribution in [0.25, 0.3) is 0 Å². The van der Waals surface area contributed by atoms with E-state index in [1.807, 2.05) is 18.2 Å². The molecule has 2 aliphatic carbocycles. The lowest BCUT2D eigenvalue weighted by molar-refractivity contribution is -0.148. The molecule has 0 spiro atoms. The molecule has 4 aromatic rings. The van der Waals surface area contributed by atoms with Gasteiger partial charge in [-0.2, -0.15) is 10.2 Å². The van der Waals surface area contributed by atoms with Crippen molar-refractivity contribution in [2.45, 2.75) is 157 Å². The normalized spacial score (nSPS) is 16.2. The molecule has 13 heteroatoms. The highest BCUT2D eigenvalue weighted by Gasteiger charge is 2.36. The van der Waals surface area contributed by atoms with Crippen LogP contribution in [0.3, 0.4) is 0 Å². The number of nitrogens with one attached hydrogen (secondary N) is 1. The Morgan fingerprint density at radius 3 is 1.63 bits per heavy atom. The van der Waals surface area contributed by atoms with E-state index in [0.29, 0.717) is 5.41 Å². The van der Waals surface area contributed by atoms with Gasteiger partial charge in [-0.05, 0) is 115 Å². The van der Waals surface area contributed by atoms with Gasteiger partial charge in [0, 0.05) is 32.0 Å². The Hall–Kier alpha value is -2.54. The molecule has 0 bridgehead atoms. The molecular weight excluding hydrogens is 800 g/mol. The number of nitrogens with zero attached hydrogens (tertiary/aromatic N) is 3. The minimum atomic E-state index is -0.986. The predicted molar refractivity (Wildman–Crippen MR) is 239 cm³/mol. The maximum absolute atomic E-state index is 13.1. The zero-order chi connectivity index (χ0) is 40.4. The van der Waals surface area contributed by atoms with Crippen LogP contribution in [0.15, 0.2) is 36.4 Å². The van der Waals surface area contributed by atoms with Crippen LogP contribution in [0, 0.1) is 10.8 Å². The van der Waals surface area contributed by atoms with Crippen molar-refractivity contribution >= 4 is 57.8 Å². The Morgan fingerprint density at radius 2 is 1.21 bits per heavy atom. The van der Waals surface area contributed by atoms with E-state index < -0.39 is 16.8 Å². The lowest BCUT2D eigenvalue weighted by Crippen LogP contribution is -2.35. The number of carbonyl (C=O) groups is 2. The van der Waals surface area contributed by atoms with Crippen molar-refractivity contribution in [2.24, 2.45) is 10.8 Å². The van der Waals surface area contributed by atoms with Gasteiger partial charge in [0.15, 0.2) is 0 Å². The van der Waals surface area contributed by atoms with Crippen molar-refractivity contribution in [1.29, 1.82) is 0 Å². The van der Waals surface area contributed by atoms with E-state index in [-0.39, 0.29) is 39.4 Å². The molecule has 4 aromatic heterocycles. The lowest BCUT2D eigenvalue weighted by atomic mass is 9.73. The molecule has 4 heterocycles. The largest absolute Gasteiger partial charge is 0.481 e. The number of aromatic nitrogens is 4. The third-order valence-electron chi connectivity index (χ3n) is 11.2. The summed E-state index contributed by atoms with van der Waals surface area (Å²) in [7, 11) is 0. The zero-order valence-corrected chi connectivity index (χ0v) is 36.5. The zero-order valence-electron chi connectivity index (χ0n) is 33.4. The number of aliphatic carboxylic acids is 1. The Morgan fingerprint density at radius 1 is 0.737 bits per heavy atom. The number of carbonyl (C=O) groups excluding carboxylic acids is 1. The fraction of sp³-hybridized carbons (Fsp3) is 0.636. The monoisotopic (exact) mass is 866 g/mol. The molecule has 0 aromatic carbocycles. The first-order valence-corrected chi connectivity index (χ1v) is 21.9. The SMILES string of the molecule is C.C.CC(C)(CO)C(=O)O.CC(C)(CO)C(=O)n1nc(C2(C)CCCCC2)cc1CCc1ccc(Cl)s1.CC1(c2cc(CCc3ccc(Cl)s3)[nH]n2)CCCCC1. The summed E-state index contributed by atoms with van der Waals surface area (Å²) in [5.74, 6) is -1.12. The smallest absolute Gasteiger partial charge is 0.311 e. The fourth-order valence-electron chi connectivity index (χ4n) is 6.95. The Kier molecular flexibility index (Phi) is 19.7. The Balaban J connectivity index is 0.000000329. The average molecular weight is 868 g/mol. The van der Waals surface area contributed by atoms with E-state index in [1.165, 1.54) is 86.4 Å². The van der Waals surface area contributed by atoms with E-state index in [1.54, 1.807) is 41.2 Å². The molecule has 57 heavy (non-hydrogen) atoms. The van der Waals surface area contributed by atoms with Gasteiger partial charge in [0.05, 0.1) is 44.1 Å². The molecule has 0 aliphatic heterocycles. The summed E-state index contributed by atoms with van der Waals surface area (Å²) in [6, 6.07) is 12.4. The third-order valence-corrected chi connectivity index (χ3v) is 13.8. The molecule has 2 saturated carbocycles. The molecule has 0 radical (unpaired) electrons. The summed E-state index contributed by atoms with van der Waals surface area (Å²) in [4.78, 5) is 25.7. The van der Waals surface area contributed by atoms with E-state index in [9.17, 15) is 14.7 Å². The van der Waals surface area contributed by atoms with Crippen LogP contribution in [0.1, 0.15) is 158 Å². The van der Waals surface area contributed by atoms with Crippen molar-refractivity contribution in [3.8, 4) is 0 Å². The first-order valence-electron chi connectivity index (χ1n) is 19.5. The van der Waals surface area contributed by atoms with Crippen LogP contribution in [-0.4, -0.2) is 60.4 Å². The second kappa shape index (κ2) is 22.2. The third kappa shape index (κ3) is 14.0. The highest BCUT2D eigenvalue weighted by Crippen LogP contribution is 2.40. The van der Waals surface area contributed by atoms with Gasteiger partial charge in [-0.3, -0.25) is 14.7 Å². The van der Waals surface area contributed by atoms with Crippen LogP contribution >= 0.6 is 45.9 Å². The molecular formula is C44H68Cl2N4O5S2. The number of aromatic amines is 1. The Labute approximate surface area is 359 Å². The van der Waals surface area contributed by atoms with Gasteiger partial charge in [-0.15, -0.1) is 22.7 Å². The number of aliphatic hydroxyl groups is 2. The average Bonchev–Trinajstić information content (AvgIpc) is 3.99. The van der Waals surface area contributed by atoms with Gasteiger partial charge in [0.2, 0.25) is 0 Å². The van der Waals surface area contributed by atoms with Crippen LogP contribution < -0.4 is 0 Å². The number of aryl methyl sites for hydroxylation is 4. The Bertz CT molecular complexity index is 1830. The predicted octanol–water partition coefficient (Wildman–Crippen LogP) is 11.8. The topological polar surface area (TPSA) is 141 Å². The van der Waals surface area contributed by atoms with E-state index in [0.717, 1.165) is 58.6 Å². The second-order valence-electron chi connectivity index (χ2n) is 17.1. The molecule has 0 saturated heterocycles. The summed E-state index contributed by atoms with van der Waals surface area (Å²) < 4.78 is 3.21. The minimum absolute atomic E-state index is 0. The van der Waals surface area contributed by atoms with Crippen LogP contribution in [-0.2, 0) is 41.3 Å². The van der Waals surface area contributed by atoms with E-state index in [4.69, 9.17) is 38.5 Å². The molecule has 0 amide bonds. The maximum atomic E-state index is 13.1.